The lowest BCUT2D eigenvalue weighted by atomic mass is 9.95. The van der Waals surface area contributed by atoms with Crippen LogP contribution < -0.4 is 20.1 Å². The summed E-state index contributed by atoms with van der Waals surface area (Å²) >= 11 is 0. The Labute approximate surface area is 176 Å². The van der Waals surface area contributed by atoms with Crippen molar-refractivity contribution in [1.29, 1.82) is 0 Å². The molecule has 1 atom stereocenters. The molecule has 2 amide bonds. The van der Waals surface area contributed by atoms with Crippen LogP contribution >= 0.6 is 0 Å². The van der Waals surface area contributed by atoms with Gasteiger partial charge in [0, 0.05) is 5.56 Å². The zero-order chi connectivity index (χ0) is 22.1. The molecule has 2 rings (SSSR count). The van der Waals surface area contributed by atoms with E-state index < -0.39 is 11.7 Å². The van der Waals surface area contributed by atoms with Gasteiger partial charge in [-0.25, -0.2) is 4.39 Å². The summed E-state index contributed by atoms with van der Waals surface area (Å²) in [5, 5.41) is 5.46. The van der Waals surface area contributed by atoms with Crippen molar-refractivity contribution in [3.05, 3.63) is 59.4 Å². The van der Waals surface area contributed by atoms with Crippen LogP contribution in [0.4, 0.5) is 4.39 Å². The summed E-state index contributed by atoms with van der Waals surface area (Å²) in [5.74, 6) is 0.0130. The van der Waals surface area contributed by atoms with E-state index in [2.05, 4.69) is 10.6 Å². The van der Waals surface area contributed by atoms with Gasteiger partial charge in [-0.1, -0.05) is 26.0 Å². The van der Waals surface area contributed by atoms with Gasteiger partial charge in [-0.15, -0.1) is 0 Å². The van der Waals surface area contributed by atoms with Gasteiger partial charge in [0.25, 0.3) is 5.91 Å². The summed E-state index contributed by atoms with van der Waals surface area (Å²) in [6, 6.07) is 10.6. The third-order valence-corrected chi connectivity index (χ3v) is 4.41. The minimum atomic E-state index is -0.509. The Morgan fingerprint density at radius 2 is 1.70 bits per heavy atom. The Balaban J connectivity index is 2.06. The molecule has 0 saturated heterocycles. The second kappa shape index (κ2) is 11.2. The van der Waals surface area contributed by atoms with Gasteiger partial charge in [-0.2, -0.15) is 0 Å². The minimum Gasteiger partial charge on any atom is -0.490 e. The van der Waals surface area contributed by atoms with E-state index in [4.69, 9.17) is 9.47 Å². The van der Waals surface area contributed by atoms with Crippen LogP contribution in [0.25, 0.3) is 0 Å². The maximum atomic E-state index is 13.3. The zero-order valence-electron chi connectivity index (χ0n) is 17.8. The third kappa shape index (κ3) is 6.47. The van der Waals surface area contributed by atoms with Crippen molar-refractivity contribution in [2.24, 2.45) is 5.92 Å². The molecule has 0 aliphatic carbocycles. The number of amides is 2. The van der Waals surface area contributed by atoms with Gasteiger partial charge in [-0.05, 0) is 55.7 Å². The average Bonchev–Trinajstić information content (AvgIpc) is 2.71. The zero-order valence-corrected chi connectivity index (χ0v) is 17.8. The Morgan fingerprint density at radius 3 is 2.33 bits per heavy atom. The molecule has 2 aromatic carbocycles. The molecular weight excluding hydrogens is 387 g/mol. The topological polar surface area (TPSA) is 76.7 Å². The average molecular weight is 416 g/mol. The summed E-state index contributed by atoms with van der Waals surface area (Å²) in [7, 11) is 0. The summed E-state index contributed by atoms with van der Waals surface area (Å²) in [5.41, 5.74) is 1.04. The number of carbonyl (C=O) groups excluding carboxylic acids is 2. The lowest BCUT2D eigenvalue weighted by Crippen LogP contribution is -2.40. The number of nitrogens with one attached hydrogen (secondary N) is 2. The molecule has 30 heavy (non-hydrogen) atoms. The van der Waals surface area contributed by atoms with Crippen molar-refractivity contribution < 1.29 is 23.5 Å². The fraction of sp³-hybridized carbons (Fsp3) is 0.391. The van der Waals surface area contributed by atoms with Gasteiger partial charge in [0.2, 0.25) is 5.91 Å². The molecule has 162 valence electrons. The highest BCUT2D eigenvalue weighted by Gasteiger charge is 2.21. The highest BCUT2D eigenvalue weighted by molar-refractivity contribution is 5.96. The summed E-state index contributed by atoms with van der Waals surface area (Å²) in [6.45, 7) is 8.58. The number of benzene rings is 2. The summed E-state index contributed by atoms with van der Waals surface area (Å²) < 4.78 is 24.5. The van der Waals surface area contributed by atoms with E-state index in [0.29, 0.717) is 24.7 Å². The Morgan fingerprint density at radius 1 is 1.00 bits per heavy atom. The van der Waals surface area contributed by atoms with Crippen molar-refractivity contribution >= 4 is 11.8 Å². The van der Waals surface area contributed by atoms with Crippen LogP contribution in [0.15, 0.2) is 42.5 Å². The summed E-state index contributed by atoms with van der Waals surface area (Å²) in [4.78, 5) is 24.6. The lowest BCUT2D eigenvalue weighted by molar-refractivity contribution is -0.121. The Hall–Kier alpha value is -3.09. The van der Waals surface area contributed by atoms with Crippen molar-refractivity contribution in [3.8, 4) is 11.5 Å². The fourth-order valence-electron chi connectivity index (χ4n) is 3.01. The van der Waals surface area contributed by atoms with E-state index in [-0.39, 0.29) is 30.0 Å². The van der Waals surface area contributed by atoms with Crippen LogP contribution in [-0.4, -0.2) is 31.6 Å². The number of rotatable bonds is 10. The molecule has 2 aromatic rings. The molecule has 0 radical (unpaired) electrons. The molecular formula is C23H29FN2O4. The molecule has 0 aromatic heterocycles. The molecule has 7 heteroatoms. The molecule has 0 spiro atoms. The first-order valence-electron chi connectivity index (χ1n) is 10.1. The van der Waals surface area contributed by atoms with E-state index in [1.54, 1.807) is 0 Å². The van der Waals surface area contributed by atoms with Crippen LogP contribution in [0.2, 0.25) is 0 Å². The number of hydrogen-bond acceptors (Lipinski definition) is 4. The third-order valence-electron chi connectivity index (χ3n) is 4.41. The Kier molecular flexibility index (Phi) is 8.65. The molecule has 0 aliphatic heterocycles. The molecule has 0 aliphatic rings. The molecule has 2 N–H and O–H groups in total. The molecule has 1 unspecified atom stereocenters. The van der Waals surface area contributed by atoms with Crippen LogP contribution in [0.5, 0.6) is 11.5 Å². The second-order valence-electron chi connectivity index (χ2n) is 7.05. The predicted molar refractivity (Wildman–Crippen MR) is 113 cm³/mol. The Bertz CT molecular complexity index is 870. The van der Waals surface area contributed by atoms with E-state index in [0.717, 1.165) is 11.6 Å². The monoisotopic (exact) mass is 416 g/mol. The van der Waals surface area contributed by atoms with Crippen molar-refractivity contribution in [3.63, 3.8) is 0 Å². The largest absolute Gasteiger partial charge is 0.490 e. The lowest BCUT2D eigenvalue weighted by Gasteiger charge is -2.24. The summed E-state index contributed by atoms with van der Waals surface area (Å²) in [6.07, 6.45) is 0. The van der Waals surface area contributed by atoms with Crippen molar-refractivity contribution in [1.82, 2.24) is 10.6 Å². The van der Waals surface area contributed by atoms with Crippen molar-refractivity contribution in [2.75, 3.05) is 19.8 Å². The molecule has 0 bridgehead atoms. The van der Waals surface area contributed by atoms with Gasteiger partial charge >= 0.3 is 0 Å². The highest BCUT2D eigenvalue weighted by atomic mass is 19.1. The second-order valence-corrected chi connectivity index (χ2v) is 7.05. The number of ether oxygens (including phenoxy) is 2. The first kappa shape index (κ1) is 23.2. The van der Waals surface area contributed by atoms with Crippen LogP contribution in [-0.2, 0) is 4.79 Å². The van der Waals surface area contributed by atoms with Gasteiger partial charge in [0.15, 0.2) is 11.5 Å². The number of halogens is 1. The molecule has 0 fully saturated rings. The first-order valence-corrected chi connectivity index (χ1v) is 10.1. The number of carbonyl (C=O) groups is 2. The van der Waals surface area contributed by atoms with E-state index in [1.807, 2.05) is 45.9 Å². The molecule has 0 heterocycles. The standard InChI is InChI=1S/C23H29FN2O4/c1-5-29-19-11-10-16(13-20(19)30-6-2)22(15(3)4)26-21(27)14-25-23(28)17-8-7-9-18(24)12-17/h7-13,15,22H,5-6,14H2,1-4H3,(H,25,28)(H,26,27). The normalized spacial score (nSPS) is 11.7. The van der Waals surface area contributed by atoms with E-state index in [1.165, 1.54) is 18.2 Å². The molecule has 0 saturated carbocycles. The van der Waals surface area contributed by atoms with Crippen LogP contribution in [0, 0.1) is 11.7 Å². The first-order chi connectivity index (χ1) is 14.3. The van der Waals surface area contributed by atoms with Gasteiger partial charge in [-0.3, -0.25) is 9.59 Å². The smallest absolute Gasteiger partial charge is 0.251 e. The van der Waals surface area contributed by atoms with E-state index in [9.17, 15) is 14.0 Å². The quantitative estimate of drug-likeness (QED) is 0.617. The van der Waals surface area contributed by atoms with Crippen molar-refractivity contribution in [2.45, 2.75) is 33.7 Å². The van der Waals surface area contributed by atoms with Gasteiger partial charge in [0.1, 0.15) is 5.82 Å². The van der Waals surface area contributed by atoms with Crippen LogP contribution in [0.1, 0.15) is 49.7 Å². The molecule has 6 nitrogen and oxygen atoms in total. The number of hydrogen-bond donors (Lipinski definition) is 2. The van der Waals surface area contributed by atoms with Gasteiger partial charge < -0.3 is 20.1 Å². The fourth-order valence-corrected chi connectivity index (χ4v) is 3.01. The van der Waals surface area contributed by atoms with Gasteiger partial charge in [0.05, 0.1) is 25.8 Å². The maximum absolute atomic E-state index is 13.3. The van der Waals surface area contributed by atoms with Crippen LogP contribution in [0.3, 0.4) is 0 Å². The maximum Gasteiger partial charge on any atom is 0.251 e. The van der Waals surface area contributed by atoms with E-state index >= 15 is 0 Å². The predicted octanol–water partition coefficient (Wildman–Crippen LogP) is 3.87. The highest BCUT2D eigenvalue weighted by Crippen LogP contribution is 2.32. The minimum absolute atomic E-state index is 0.0975. The SMILES string of the molecule is CCOc1ccc(C(NC(=O)CNC(=O)c2cccc(F)c2)C(C)C)cc1OCC.